The van der Waals surface area contributed by atoms with E-state index in [4.69, 9.17) is 23.2 Å². The van der Waals surface area contributed by atoms with Gasteiger partial charge in [0.15, 0.2) is 5.82 Å². The molecule has 1 atom stereocenters. The molecule has 0 aliphatic rings. The van der Waals surface area contributed by atoms with Crippen molar-refractivity contribution in [3.8, 4) is 0 Å². The van der Waals surface area contributed by atoms with Gasteiger partial charge in [-0.15, -0.1) is 0 Å². The van der Waals surface area contributed by atoms with Crippen LogP contribution >= 0.6 is 23.2 Å². The summed E-state index contributed by atoms with van der Waals surface area (Å²) in [4.78, 5) is 12.5. The number of carbonyl (C=O) groups is 1. The van der Waals surface area contributed by atoms with Gasteiger partial charge in [-0.1, -0.05) is 29.3 Å². The number of benzene rings is 1. The fraction of sp³-hybridized carbons (Fsp3) is 0.278. The summed E-state index contributed by atoms with van der Waals surface area (Å²) in [5.41, 5.74) is 1.76. The molecule has 27 heavy (non-hydrogen) atoms. The number of amides is 1. The number of carbonyl (C=O) groups excluding carboxylic acids is 1. The molecular weight excluding hydrogens is 392 g/mol. The first kappa shape index (κ1) is 19.4. The highest BCUT2D eigenvalue weighted by Crippen LogP contribution is 2.22. The van der Waals surface area contributed by atoms with Gasteiger partial charge in [0.2, 0.25) is 5.91 Å². The lowest BCUT2D eigenvalue weighted by molar-refractivity contribution is -0.119. The third-order valence-electron chi connectivity index (χ3n) is 4.24. The van der Waals surface area contributed by atoms with Crippen LogP contribution in [-0.4, -0.2) is 25.5 Å². The van der Waals surface area contributed by atoms with Crippen molar-refractivity contribution in [1.82, 2.24) is 19.6 Å². The van der Waals surface area contributed by atoms with E-state index in [1.165, 1.54) is 10.7 Å². The molecule has 142 valence electrons. The van der Waals surface area contributed by atoms with E-state index in [9.17, 15) is 9.18 Å². The van der Waals surface area contributed by atoms with E-state index in [1.54, 1.807) is 42.9 Å². The summed E-state index contributed by atoms with van der Waals surface area (Å²) in [6.07, 6.45) is 1.60. The number of nitrogens with one attached hydrogen (secondary N) is 1. The first-order valence-electron chi connectivity index (χ1n) is 8.25. The van der Waals surface area contributed by atoms with Crippen LogP contribution < -0.4 is 5.32 Å². The number of aromatic nitrogens is 4. The molecule has 3 rings (SSSR count). The number of nitrogens with zero attached hydrogens (tertiary/aromatic N) is 4. The second-order valence-electron chi connectivity index (χ2n) is 6.24. The van der Waals surface area contributed by atoms with Crippen LogP contribution in [0.2, 0.25) is 10.0 Å². The van der Waals surface area contributed by atoms with Gasteiger partial charge < -0.3 is 5.32 Å². The molecule has 0 fully saturated rings. The minimum atomic E-state index is -0.567. The second-order valence-corrected chi connectivity index (χ2v) is 7.05. The maximum Gasteiger partial charge on any atom is 0.250 e. The maximum atomic E-state index is 14.0. The summed E-state index contributed by atoms with van der Waals surface area (Å²) in [6, 6.07) is 5.67. The predicted molar refractivity (Wildman–Crippen MR) is 103 cm³/mol. The van der Waals surface area contributed by atoms with Gasteiger partial charge in [-0.25, -0.2) is 4.39 Å². The number of halogens is 3. The summed E-state index contributed by atoms with van der Waals surface area (Å²) in [5, 5.41) is 12.1. The summed E-state index contributed by atoms with van der Waals surface area (Å²) in [7, 11) is 0. The Hall–Kier alpha value is -2.38. The molecule has 0 aliphatic heterocycles. The van der Waals surface area contributed by atoms with Crippen molar-refractivity contribution < 1.29 is 9.18 Å². The lowest BCUT2D eigenvalue weighted by Crippen LogP contribution is -2.24. The van der Waals surface area contributed by atoms with Gasteiger partial charge in [-0.05, 0) is 32.9 Å². The van der Waals surface area contributed by atoms with Crippen LogP contribution in [0, 0.1) is 19.7 Å². The number of aryl methyl sites for hydroxylation is 2. The normalized spacial score (nSPS) is 12.2. The van der Waals surface area contributed by atoms with Crippen LogP contribution in [0.4, 0.5) is 10.2 Å². The predicted octanol–water partition coefficient (Wildman–Crippen LogP) is 4.39. The zero-order chi connectivity index (χ0) is 19.7. The van der Waals surface area contributed by atoms with Crippen LogP contribution in [0.15, 0.2) is 30.5 Å². The highest BCUT2D eigenvalue weighted by molar-refractivity contribution is 6.31. The van der Waals surface area contributed by atoms with Crippen LogP contribution in [0.5, 0.6) is 0 Å². The monoisotopic (exact) mass is 409 g/mol. The molecule has 0 aliphatic carbocycles. The van der Waals surface area contributed by atoms with E-state index in [0.29, 0.717) is 27.1 Å². The second kappa shape index (κ2) is 7.70. The van der Waals surface area contributed by atoms with E-state index in [-0.39, 0.29) is 12.5 Å². The van der Waals surface area contributed by atoms with Gasteiger partial charge in [0.1, 0.15) is 11.9 Å². The molecule has 1 aromatic carbocycles. The zero-order valence-corrected chi connectivity index (χ0v) is 16.5. The Kier molecular flexibility index (Phi) is 5.53. The van der Waals surface area contributed by atoms with Gasteiger partial charge in [-0.3, -0.25) is 14.2 Å². The van der Waals surface area contributed by atoms with Gasteiger partial charge in [-0.2, -0.15) is 10.2 Å². The third-order valence-corrected chi connectivity index (χ3v) is 4.96. The lowest BCUT2D eigenvalue weighted by atomic mass is 10.2. The van der Waals surface area contributed by atoms with E-state index in [2.05, 4.69) is 15.5 Å². The van der Waals surface area contributed by atoms with Crippen LogP contribution in [-0.2, 0) is 11.3 Å². The SMILES string of the molecule is Cc1nn(C(C)C(=O)Nc2cc(C)n(Cc3c(F)cccc3Cl)n2)cc1Cl. The Morgan fingerprint density at radius 2 is 2.00 bits per heavy atom. The summed E-state index contributed by atoms with van der Waals surface area (Å²) in [5.74, 6) is -0.322. The van der Waals surface area contributed by atoms with Crippen molar-refractivity contribution >= 4 is 34.9 Å². The minimum Gasteiger partial charge on any atom is -0.307 e. The van der Waals surface area contributed by atoms with Crippen molar-refractivity contribution in [1.29, 1.82) is 0 Å². The average Bonchev–Trinajstić information content (AvgIpc) is 3.12. The minimum absolute atomic E-state index is 0.163. The maximum absolute atomic E-state index is 14.0. The number of anilines is 1. The van der Waals surface area contributed by atoms with Crippen molar-refractivity contribution in [2.45, 2.75) is 33.4 Å². The molecular formula is C18H18Cl2FN5O. The standard InChI is InChI=1S/C18H18Cl2FN5O/c1-10-7-17(22-18(27)12(3)26-9-15(20)11(2)23-26)24-25(10)8-13-14(19)5-4-6-16(13)21/h4-7,9,12H,8H2,1-3H3,(H,22,24,27). The highest BCUT2D eigenvalue weighted by Gasteiger charge is 2.19. The molecule has 3 aromatic rings. The molecule has 0 bridgehead atoms. The number of rotatable bonds is 5. The first-order valence-corrected chi connectivity index (χ1v) is 9.01. The Bertz CT molecular complexity index is 958. The molecule has 0 spiro atoms. The Morgan fingerprint density at radius 1 is 1.26 bits per heavy atom. The van der Waals surface area contributed by atoms with Crippen molar-refractivity contribution in [2.75, 3.05) is 5.32 Å². The summed E-state index contributed by atoms with van der Waals surface area (Å²) < 4.78 is 17.1. The van der Waals surface area contributed by atoms with E-state index >= 15 is 0 Å². The molecule has 2 heterocycles. The quantitative estimate of drug-likeness (QED) is 0.679. The van der Waals surface area contributed by atoms with Crippen molar-refractivity contribution in [3.63, 3.8) is 0 Å². The van der Waals surface area contributed by atoms with E-state index < -0.39 is 11.9 Å². The first-order chi connectivity index (χ1) is 12.8. The van der Waals surface area contributed by atoms with Gasteiger partial charge >= 0.3 is 0 Å². The summed E-state index contributed by atoms with van der Waals surface area (Å²) in [6.45, 7) is 5.46. The molecule has 0 saturated carbocycles. The highest BCUT2D eigenvalue weighted by atomic mass is 35.5. The Balaban J connectivity index is 1.75. The largest absolute Gasteiger partial charge is 0.307 e. The third kappa shape index (κ3) is 4.14. The van der Waals surface area contributed by atoms with E-state index in [1.807, 2.05) is 6.92 Å². The zero-order valence-electron chi connectivity index (χ0n) is 15.0. The molecule has 0 saturated heterocycles. The van der Waals surface area contributed by atoms with Crippen LogP contribution in [0.25, 0.3) is 0 Å². The molecule has 0 radical (unpaired) electrons. The molecule has 1 unspecified atom stereocenters. The molecule has 9 heteroatoms. The average molecular weight is 410 g/mol. The summed E-state index contributed by atoms with van der Waals surface area (Å²) >= 11 is 12.1. The van der Waals surface area contributed by atoms with Gasteiger partial charge in [0.05, 0.1) is 17.3 Å². The van der Waals surface area contributed by atoms with Crippen molar-refractivity contribution in [2.24, 2.45) is 0 Å². The van der Waals surface area contributed by atoms with Crippen LogP contribution in [0.3, 0.4) is 0 Å². The molecule has 6 nitrogen and oxygen atoms in total. The molecule has 2 aromatic heterocycles. The smallest absolute Gasteiger partial charge is 0.250 e. The number of hydrogen-bond acceptors (Lipinski definition) is 3. The topological polar surface area (TPSA) is 64.7 Å². The fourth-order valence-electron chi connectivity index (χ4n) is 2.57. The van der Waals surface area contributed by atoms with Gasteiger partial charge in [0, 0.05) is 28.5 Å². The lowest BCUT2D eigenvalue weighted by Gasteiger charge is -2.11. The Morgan fingerprint density at radius 3 is 2.63 bits per heavy atom. The molecule has 1 N–H and O–H groups in total. The molecule has 1 amide bonds. The Labute approximate surface area is 165 Å². The van der Waals surface area contributed by atoms with Crippen LogP contribution in [0.1, 0.15) is 29.9 Å². The van der Waals surface area contributed by atoms with E-state index in [0.717, 1.165) is 5.69 Å². The number of hydrogen-bond donors (Lipinski definition) is 1. The fourth-order valence-corrected chi connectivity index (χ4v) is 2.93. The van der Waals surface area contributed by atoms with Gasteiger partial charge in [0.25, 0.3) is 0 Å². The van der Waals surface area contributed by atoms with Crippen molar-refractivity contribution in [3.05, 3.63) is 63.3 Å².